The quantitative estimate of drug-likeness (QED) is 0.720. The molecule has 0 aromatic heterocycles. The molecule has 0 aliphatic rings. The summed E-state index contributed by atoms with van der Waals surface area (Å²) >= 11 is 3.20. The SMILES string of the molecule is CC(C)c1ccc(Br)c(=O)cc1. The molecule has 1 rings (SSSR count). The van der Waals surface area contributed by atoms with Crippen LogP contribution in [0.2, 0.25) is 0 Å². The minimum absolute atomic E-state index is 0.0295. The lowest BCUT2D eigenvalue weighted by Crippen LogP contribution is -1.92. The van der Waals surface area contributed by atoms with Gasteiger partial charge in [-0.15, -0.1) is 0 Å². The van der Waals surface area contributed by atoms with Gasteiger partial charge in [0.1, 0.15) is 0 Å². The van der Waals surface area contributed by atoms with E-state index in [1.54, 1.807) is 12.1 Å². The zero-order valence-corrected chi connectivity index (χ0v) is 8.76. The Bertz CT molecular complexity index is 331. The van der Waals surface area contributed by atoms with E-state index in [2.05, 4.69) is 29.8 Å². The van der Waals surface area contributed by atoms with Crippen molar-refractivity contribution >= 4 is 15.9 Å². The van der Waals surface area contributed by atoms with Crippen LogP contribution in [0.1, 0.15) is 25.3 Å². The van der Waals surface area contributed by atoms with Gasteiger partial charge >= 0.3 is 0 Å². The Labute approximate surface area is 80.6 Å². The molecule has 0 N–H and O–H groups in total. The van der Waals surface area contributed by atoms with Crippen LogP contribution in [0.3, 0.4) is 0 Å². The highest BCUT2D eigenvalue weighted by Crippen LogP contribution is 2.12. The van der Waals surface area contributed by atoms with E-state index in [9.17, 15) is 4.79 Å². The van der Waals surface area contributed by atoms with E-state index in [1.807, 2.05) is 12.1 Å². The molecule has 0 unspecified atom stereocenters. The molecule has 2 heteroatoms. The maximum atomic E-state index is 11.1. The molecular weight excluding hydrogens is 216 g/mol. The summed E-state index contributed by atoms with van der Waals surface area (Å²) in [6.07, 6.45) is 0. The van der Waals surface area contributed by atoms with Gasteiger partial charge in [0.15, 0.2) is 5.43 Å². The van der Waals surface area contributed by atoms with Crippen molar-refractivity contribution in [1.29, 1.82) is 0 Å². The van der Waals surface area contributed by atoms with Crippen LogP contribution in [-0.2, 0) is 0 Å². The van der Waals surface area contributed by atoms with Gasteiger partial charge in [-0.2, -0.15) is 0 Å². The minimum atomic E-state index is 0.0295. The van der Waals surface area contributed by atoms with Crippen molar-refractivity contribution in [3.63, 3.8) is 0 Å². The molecule has 0 spiro atoms. The second-order valence-corrected chi connectivity index (χ2v) is 3.89. The zero-order valence-electron chi connectivity index (χ0n) is 7.17. The van der Waals surface area contributed by atoms with E-state index in [0.29, 0.717) is 10.4 Å². The first-order valence-corrected chi connectivity index (χ1v) is 4.70. The van der Waals surface area contributed by atoms with Crippen LogP contribution < -0.4 is 5.43 Å². The molecule has 0 saturated heterocycles. The first kappa shape index (κ1) is 9.46. The van der Waals surface area contributed by atoms with E-state index < -0.39 is 0 Å². The van der Waals surface area contributed by atoms with Crippen LogP contribution in [0, 0.1) is 0 Å². The third-order valence-electron chi connectivity index (χ3n) is 1.75. The highest BCUT2D eigenvalue weighted by Gasteiger charge is 1.97. The molecule has 12 heavy (non-hydrogen) atoms. The van der Waals surface area contributed by atoms with Crippen molar-refractivity contribution in [2.24, 2.45) is 0 Å². The first-order valence-electron chi connectivity index (χ1n) is 3.91. The largest absolute Gasteiger partial charge is 0.289 e. The van der Waals surface area contributed by atoms with Crippen LogP contribution >= 0.6 is 15.9 Å². The van der Waals surface area contributed by atoms with Crippen LogP contribution in [0.25, 0.3) is 0 Å². The van der Waals surface area contributed by atoms with E-state index >= 15 is 0 Å². The molecule has 1 aromatic carbocycles. The van der Waals surface area contributed by atoms with Crippen molar-refractivity contribution in [2.75, 3.05) is 0 Å². The Kier molecular flexibility index (Phi) is 3.04. The van der Waals surface area contributed by atoms with Crippen molar-refractivity contribution in [2.45, 2.75) is 19.8 Å². The number of rotatable bonds is 1. The van der Waals surface area contributed by atoms with Gasteiger partial charge in [-0.3, -0.25) is 4.79 Å². The highest BCUT2D eigenvalue weighted by molar-refractivity contribution is 9.10. The number of hydrogen-bond donors (Lipinski definition) is 0. The van der Waals surface area contributed by atoms with Crippen molar-refractivity contribution in [1.82, 2.24) is 0 Å². The van der Waals surface area contributed by atoms with E-state index in [4.69, 9.17) is 0 Å². The predicted octanol–water partition coefficient (Wildman–Crippen LogP) is 2.93. The van der Waals surface area contributed by atoms with Gasteiger partial charge < -0.3 is 0 Å². The Hall–Kier alpha value is -0.630. The van der Waals surface area contributed by atoms with Gasteiger partial charge in [0.2, 0.25) is 0 Å². The standard InChI is InChI=1S/C10H11BrO/c1-7(2)8-3-5-9(11)10(12)6-4-8/h3-7H,1-2H3. The topological polar surface area (TPSA) is 17.1 Å². The van der Waals surface area contributed by atoms with Gasteiger partial charge in [-0.1, -0.05) is 26.0 Å². The first-order chi connectivity index (χ1) is 5.61. The van der Waals surface area contributed by atoms with Crippen molar-refractivity contribution < 1.29 is 0 Å². The Morgan fingerprint density at radius 3 is 2.33 bits per heavy atom. The highest BCUT2D eigenvalue weighted by atomic mass is 79.9. The third kappa shape index (κ3) is 2.18. The lowest BCUT2D eigenvalue weighted by molar-refractivity contribution is 0.868. The monoisotopic (exact) mass is 226 g/mol. The summed E-state index contributed by atoms with van der Waals surface area (Å²) in [5.41, 5.74) is 1.21. The van der Waals surface area contributed by atoms with Crippen LogP contribution in [-0.4, -0.2) is 0 Å². The van der Waals surface area contributed by atoms with Gasteiger partial charge in [0.05, 0.1) is 4.47 Å². The average molecular weight is 227 g/mol. The predicted molar refractivity (Wildman–Crippen MR) is 54.5 cm³/mol. The van der Waals surface area contributed by atoms with Gasteiger partial charge in [0.25, 0.3) is 0 Å². The molecular formula is C10H11BrO. The molecule has 0 saturated carbocycles. The van der Waals surface area contributed by atoms with E-state index in [-0.39, 0.29) is 5.43 Å². The van der Waals surface area contributed by atoms with Crippen LogP contribution in [0.15, 0.2) is 33.5 Å². The summed E-state index contributed by atoms with van der Waals surface area (Å²) in [7, 11) is 0. The van der Waals surface area contributed by atoms with Crippen molar-refractivity contribution in [3.05, 3.63) is 44.5 Å². The lowest BCUT2D eigenvalue weighted by atomic mass is 10.1. The molecule has 0 aliphatic carbocycles. The average Bonchev–Trinajstić information content (AvgIpc) is 2.16. The van der Waals surface area contributed by atoms with Crippen LogP contribution in [0.4, 0.5) is 0 Å². The van der Waals surface area contributed by atoms with Gasteiger partial charge in [0, 0.05) is 0 Å². The molecule has 0 heterocycles. The van der Waals surface area contributed by atoms with Gasteiger partial charge in [-0.25, -0.2) is 0 Å². The number of halogens is 1. The molecule has 1 aromatic rings. The summed E-state index contributed by atoms with van der Waals surface area (Å²) in [6, 6.07) is 7.24. The fraction of sp³-hybridized carbons (Fsp3) is 0.300. The Morgan fingerprint density at radius 2 is 1.75 bits per heavy atom. The molecule has 0 amide bonds. The minimum Gasteiger partial charge on any atom is -0.289 e. The summed E-state index contributed by atoms with van der Waals surface area (Å²) in [4.78, 5) is 11.1. The summed E-state index contributed by atoms with van der Waals surface area (Å²) in [5, 5.41) is 0. The molecule has 0 bridgehead atoms. The molecule has 0 aliphatic heterocycles. The molecule has 0 radical (unpaired) electrons. The lowest BCUT2D eigenvalue weighted by Gasteiger charge is -1.99. The second-order valence-electron chi connectivity index (χ2n) is 3.03. The molecule has 0 fully saturated rings. The summed E-state index contributed by atoms with van der Waals surface area (Å²) < 4.78 is 0.620. The van der Waals surface area contributed by atoms with Crippen LogP contribution in [0.5, 0.6) is 0 Å². The van der Waals surface area contributed by atoms with E-state index in [1.165, 1.54) is 5.56 Å². The van der Waals surface area contributed by atoms with E-state index in [0.717, 1.165) is 0 Å². The number of hydrogen-bond acceptors (Lipinski definition) is 1. The summed E-state index contributed by atoms with van der Waals surface area (Å²) in [6.45, 7) is 4.21. The molecule has 0 atom stereocenters. The maximum Gasteiger partial charge on any atom is 0.192 e. The fourth-order valence-electron chi connectivity index (χ4n) is 0.943. The fourth-order valence-corrected chi connectivity index (χ4v) is 1.21. The normalized spacial score (nSPS) is 10.3. The van der Waals surface area contributed by atoms with Gasteiger partial charge in [-0.05, 0) is 39.5 Å². The molecule has 1 nitrogen and oxygen atoms in total. The zero-order chi connectivity index (χ0) is 9.14. The Morgan fingerprint density at radius 1 is 1.17 bits per heavy atom. The maximum absolute atomic E-state index is 11.1. The second kappa shape index (κ2) is 3.85. The smallest absolute Gasteiger partial charge is 0.192 e. The Balaban J connectivity index is 3.26. The summed E-state index contributed by atoms with van der Waals surface area (Å²) in [5.74, 6) is 0.462. The molecule has 64 valence electrons. The third-order valence-corrected chi connectivity index (χ3v) is 2.41. The van der Waals surface area contributed by atoms with Crippen molar-refractivity contribution in [3.8, 4) is 0 Å².